The molecule has 4 atom stereocenters. The number of fused-ring (bicyclic) bond motifs is 5. The van der Waals surface area contributed by atoms with Crippen molar-refractivity contribution in [3.8, 4) is 0 Å². The number of likely N-dealkylation sites (tertiary alicyclic amines) is 1. The largest absolute Gasteiger partial charge is 0.550 e. The van der Waals surface area contributed by atoms with E-state index in [-0.39, 0.29) is 41.5 Å². The topological polar surface area (TPSA) is 77.5 Å². The summed E-state index contributed by atoms with van der Waals surface area (Å²) >= 11 is 0. The molecule has 0 radical (unpaired) electrons. The Bertz CT molecular complexity index is 516. The number of aliphatic carboxylic acids is 1. The van der Waals surface area contributed by atoms with Gasteiger partial charge in [-0.05, 0) is 49.9 Å². The van der Waals surface area contributed by atoms with E-state index < -0.39 is 11.9 Å². The number of amides is 2. The predicted octanol–water partition coefficient (Wildman–Crippen LogP) is 0.102. The Morgan fingerprint density at radius 1 is 1.00 bits per heavy atom. The Morgan fingerprint density at radius 3 is 2.00 bits per heavy atom. The first-order valence-corrected chi connectivity index (χ1v) is 7.84. The lowest BCUT2D eigenvalue weighted by Crippen LogP contribution is -2.45. The molecule has 0 unspecified atom stereocenters. The minimum Gasteiger partial charge on any atom is -0.550 e. The molecule has 0 N–H and O–H groups in total. The fraction of sp³-hybridized carbons (Fsp3) is 0.688. The summed E-state index contributed by atoms with van der Waals surface area (Å²) in [6.45, 7) is 0. The maximum atomic E-state index is 12.6. The van der Waals surface area contributed by atoms with E-state index in [4.69, 9.17) is 0 Å². The van der Waals surface area contributed by atoms with Gasteiger partial charge in [0.05, 0.1) is 11.8 Å². The Labute approximate surface area is 123 Å². The molecule has 112 valence electrons. The lowest BCUT2D eigenvalue weighted by atomic mass is 9.85. The van der Waals surface area contributed by atoms with Gasteiger partial charge in [-0.2, -0.15) is 0 Å². The lowest BCUT2D eigenvalue weighted by Gasteiger charge is -2.34. The number of carbonyl (C=O) groups is 3. The highest BCUT2D eigenvalue weighted by molar-refractivity contribution is 6.06. The molecule has 0 aromatic rings. The SMILES string of the molecule is O=C([O-])C1CCC(N2C(=O)[C@@H]3[C@@H](C2=O)[C@H]2C=C[C@@H]3C2)CC1. The third-order valence-corrected chi connectivity index (χ3v) is 5.90. The maximum absolute atomic E-state index is 12.6. The van der Waals surface area contributed by atoms with Gasteiger partial charge in [0.25, 0.3) is 0 Å². The molecule has 2 bridgehead atoms. The summed E-state index contributed by atoms with van der Waals surface area (Å²) in [5, 5.41) is 10.9. The highest BCUT2D eigenvalue weighted by Gasteiger charge is 2.60. The fourth-order valence-corrected chi connectivity index (χ4v) is 4.85. The number of hydrogen-bond donors (Lipinski definition) is 0. The third-order valence-electron chi connectivity index (χ3n) is 5.90. The minimum absolute atomic E-state index is 0.0150. The summed E-state index contributed by atoms with van der Waals surface area (Å²) < 4.78 is 0. The highest BCUT2D eigenvalue weighted by Crippen LogP contribution is 2.53. The van der Waals surface area contributed by atoms with Crippen molar-refractivity contribution in [3.05, 3.63) is 12.2 Å². The monoisotopic (exact) mass is 288 g/mol. The zero-order valence-corrected chi connectivity index (χ0v) is 11.7. The van der Waals surface area contributed by atoms with E-state index in [1.54, 1.807) is 0 Å². The quantitative estimate of drug-likeness (QED) is 0.533. The van der Waals surface area contributed by atoms with Crippen LogP contribution in [0.5, 0.6) is 0 Å². The first-order valence-electron chi connectivity index (χ1n) is 7.84. The van der Waals surface area contributed by atoms with Crippen molar-refractivity contribution in [2.24, 2.45) is 29.6 Å². The molecular weight excluding hydrogens is 270 g/mol. The summed E-state index contributed by atoms with van der Waals surface area (Å²) in [6, 6.07) is -0.106. The van der Waals surface area contributed by atoms with E-state index in [2.05, 4.69) is 12.2 Å². The van der Waals surface area contributed by atoms with Crippen LogP contribution in [-0.2, 0) is 14.4 Å². The van der Waals surface area contributed by atoms with E-state index in [1.165, 1.54) is 4.90 Å². The summed E-state index contributed by atoms with van der Waals surface area (Å²) in [5.74, 6) is -1.28. The number of carboxylic acids is 1. The number of imide groups is 1. The molecule has 21 heavy (non-hydrogen) atoms. The van der Waals surface area contributed by atoms with Crippen LogP contribution in [-0.4, -0.2) is 28.7 Å². The van der Waals surface area contributed by atoms with E-state index in [0.717, 1.165) is 6.42 Å². The van der Waals surface area contributed by atoms with Gasteiger partial charge in [0.2, 0.25) is 11.8 Å². The maximum Gasteiger partial charge on any atom is 0.233 e. The number of allylic oxidation sites excluding steroid dienone is 2. The average molecular weight is 288 g/mol. The molecule has 1 aliphatic heterocycles. The van der Waals surface area contributed by atoms with Crippen molar-refractivity contribution in [2.75, 3.05) is 0 Å². The normalized spacial score (nSPS) is 44.5. The number of carbonyl (C=O) groups excluding carboxylic acids is 3. The molecule has 0 spiro atoms. The molecule has 2 saturated carbocycles. The molecule has 5 heteroatoms. The van der Waals surface area contributed by atoms with Crippen molar-refractivity contribution in [3.63, 3.8) is 0 Å². The molecule has 5 nitrogen and oxygen atoms in total. The smallest absolute Gasteiger partial charge is 0.233 e. The number of hydrogen-bond acceptors (Lipinski definition) is 4. The van der Waals surface area contributed by atoms with E-state index >= 15 is 0 Å². The molecule has 4 aliphatic rings. The minimum atomic E-state index is -1.01. The number of rotatable bonds is 2. The second kappa shape index (κ2) is 4.42. The van der Waals surface area contributed by atoms with Gasteiger partial charge in [-0.25, -0.2) is 0 Å². The van der Waals surface area contributed by atoms with Crippen LogP contribution in [0.4, 0.5) is 0 Å². The Hall–Kier alpha value is -1.65. The first kappa shape index (κ1) is 13.0. The molecule has 0 aromatic carbocycles. The van der Waals surface area contributed by atoms with Crippen molar-refractivity contribution in [1.29, 1.82) is 0 Å². The van der Waals surface area contributed by atoms with Gasteiger partial charge in [-0.1, -0.05) is 12.2 Å². The molecule has 3 aliphatic carbocycles. The standard InChI is InChI=1S/C16H19NO4/c18-14-12-9-1-2-10(7-9)13(12)15(19)17(14)11-5-3-8(4-6-11)16(20)21/h1-2,8-13H,3-7H2,(H,20,21)/p-1/t8?,9-,10+,11?,12-,13-/m0/s1. The predicted molar refractivity (Wildman–Crippen MR) is 70.3 cm³/mol. The van der Waals surface area contributed by atoms with E-state index in [1.807, 2.05) is 0 Å². The Morgan fingerprint density at radius 2 is 1.52 bits per heavy atom. The second-order valence-electron chi connectivity index (χ2n) is 6.87. The zero-order chi connectivity index (χ0) is 14.7. The average Bonchev–Trinajstić information content (AvgIpc) is 3.13. The van der Waals surface area contributed by atoms with Gasteiger partial charge in [0.15, 0.2) is 0 Å². The Balaban J connectivity index is 1.51. The van der Waals surface area contributed by atoms with Crippen LogP contribution >= 0.6 is 0 Å². The van der Waals surface area contributed by atoms with Crippen LogP contribution in [0.25, 0.3) is 0 Å². The van der Waals surface area contributed by atoms with Gasteiger partial charge < -0.3 is 9.90 Å². The molecule has 1 heterocycles. The van der Waals surface area contributed by atoms with Gasteiger partial charge >= 0.3 is 0 Å². The molecule has 4 rings (SSSR count). The molecule has 2 amide bonds. The van der Waals surface area contributed by atoms with Crippen LogP contribution in [0.2, 0.25) is 0 Å². The lowest BCUT2D eigenvalue weighted by molar-refractivity contribution is -0.312. The van der Waals surface area contributed by atoms with Gasteiger partial charge in [0.1, 0.15) is 0 Å². The van der Waals surface area contributed by atoms with Crippen LogP contribution < -0.4 is 5.11 Å². The van der Waals surface area contributed by atoms with Crippen molar-refractivity contribution in [1.82, 2.24) is 4.90 Å². The van der Waals surface area contributed by atoms with Crippen LogP contribution in [0.1, 0.15) is 32.1 Å². The summed E-state index contributed by atoms with van der Waals surface area (Å²) in [6.07, 6.45) is 7.32. The molecule has 3 fully saturated rings. The van der Waals surface area contributed by atoms with Gasteiger partial charge in [-0.15, -0.1) is 0 Å². The Kier molecular flexibility index (Phi) is 2.75. The van der Waals surface area contributed by atoms with Crippen molar-refractivity contribution >= 4 is 17.8 Å². The van der Waals surface area contributed by atoms with Crippen LogP contribution in [0, 0.1) is 29.6 Å². The number of nitrogens with zero attached hydrogens (tertiary/aromatic N) is 1. The van der Waals surface area contributed by atoms with E-state index in [0.29, 0.717) is 25.7 Å². The van der Waals surface area contributed by atoms with Gasteiger partial charge in [-0.3, -0.25) is 14.5 Å². The van der Waals surface area contributed by atoms with Crippen molar-refractivity contribution in [2.45, 2.75) is 38.1 Å². The summed E-state index contributed by atoms with van der Waals surface area (Å²) in [4.78, 5) is 37.7. The van der Waals surface area contributed by atoms with Crippen LogP contribution in [0.15, 0.2) is 12.2 Å². The number of carboxylic acid groups (broad SMARTS) is 1. The highest BCUT2D eigenvalue weighted by atomic mass is 16.4. The van der Waals surface area contributed by atoms with Gasteiger partial charge in [0, 0.05) is 12.0 Å². The second-order valence-corrected chi connectivity index (χ2v) is 6.87. The first-order chi connectivity index (χ1) is 10.1. The summed E-state index contributed by atoms with van der Waals surface area (Å²) in [7, 11) is 0. The van der Waals surface area contributed by atoms with Crippen LogP contribution in [0.3, 0.4) is 0 Å². The fourth-order valence-electron chi connectivity index (χ4n) is 4.85. The third kappa shape index (κ3) is 1.72. The van der Waals surface area contributed by atoms with E-state index in [9.17, 15) is 19.5 Å². The molecular formula is C16H18NO4-. The summed E-state index contributed by atoms with van der Waals surface area (Å²) in [5.41, 5.74) is 0. The van der Waals surface area contributed by atoms with Crippen molar-refractivity contribution < 1.29 is 19.5 Å². The zero-order valence-electron chi connectivity index (χ0n) is 11.7. The molecule has 1 saturated heterocycles. The molecule has 0 aromatic heterocycles.